The lowest BCUT2D eigenvalue weighted by atomic mass is 10.0. The van der Waals surface area contributed by atoms with Crippen LogP contribution in [0.1, 0.15) is 5.56 Å². The molecule has 1 N–H and O–H groups in total. The van der Waals surface area contributed by atoms with Crippen LogP contribution in [0.25, 0.3) is 11.1 Å². The third-order valence-corrected chi connectivity index (χ3v) is 2.44. The number of benzene rings is 1. The number of aromatic amines is 1. The number of rotatable bonds is 2. The van der Waals surface area contributed by atoms with Crippen LogP contribution in [0.2, 0.25) is 0 Å². The summed E-state index contributed by atoms with van der Waals surface area (Å²) in [6.45, 7) is 0. The number of ether oxygens (including phenoxy) is 1. The molecule has 5 heteroatoms. The molecular formula is C12H10F3NO. The zero-order chi connectivity index (χ0) is 12.5. The van der Waals surface area contributed by atoms with Crippen molar-refractivity contribution in [3.63, 3.8) is 0 Å². The number of alkyl halides is 3. The molecule has 0 aliphatic rings. The first-order valence-corrected chi connectivity index (χ1v) is 4.91. The second kappa shape index (κ2) is 4.16. The highest BCUT2D eigenvalue weighted by Gasteiger charge is 2.33. The van der Waals surface area contributed by atoms with E-state index in [0.717, 1.165) is 6.07 Å². The lowest BCUT2D eigenvalue weighted by Gasteiger charge is -2.13. The van der Waals surface area contributed by atoms with Gasteiger partial charge in [-0.25, -0.2) is 0 Å². The molecular weight excluding hydrogens is 231 g/mol. The molecule has 0 saturated carbocycles. The van der Waals surface area contributed by atoms with Gasteiger partial charge in [0, 0.05) is 12.4 Å². The number of halogens is 3. The van der Waals surface area contributed by atoms with E-state index in [-0.39, 0.29) is 5.56 Å². The van der Waals surface area contributed by atoms with E-state index < -0.39 is 11.7 Å². The topological polar surface area (TPSA) is 25.0 Å². The summed E-state index contributed by atoms with van der Waals surface area (Å²) in [6.07, 6.45) is -1.28. The Morgan fingerprint density at radius 3 is 2.47 bits per heavy atom. The average molecular weight is 241 g/mol. The molecule has 2 aromatic rings. The molecule has 2 rings (SSSR count). The predicted octanol–water partition coefficient (Wildman–Crippen LogP) is 3.71. The van der Waals surface area contributed by atoms with Gasteiger partial charge in [-0.15, -0.1) is 0 Å². The van der Waals surface area contributed by atoms with Gasteiger partial charge in [0.05, 0.1) is 12.7 Å². The van der Waals surface area contributed by atoms with E-state index >= 15 is 0 Å². The van der Waals surface area contributed by atoms with Crippen LogP contribution in [-0.4, -0.2) is 12.1 Å². The van der Waals surface area contributed by atoms with Crippen molar-refractivity contribution in [1.82, 2.24) is 4.98 Å². The molecule has 0 unspecified atom stereocenters. The van der Waals surface area contributed by atoms with E-state index in [2.05, 4.69) is 4.98 Å². The minimum absolute atomic E-state index is 0.109. The van der Waals surface area contributed by atoms with Crippen molar-refractivity contribution in [3.8, 4) is 16.9 Å². The maximum absolute atomic E-state index is 12.8. The summed E-state index contributed by atoms with van der Waals surface area (Å²) in [4.78, 5) is 2.74. The Hall–Kier alpha value is -1.91. The van der Waals surface area contributed by atoms with Gasteiger partial charge in [-0.2, -0.15) is 13.2 Å². The molecule has 0 aliphatic heterocycles. The fourth-order valence-electron chi connectivity index (χ4n) is 1.63. The number of nitrogens with one attached hydrogen (secondary N) is 1. The first-order valence-electron chi connectivity index (χ1n) is 4.91. The summed E-state index contributed by atoms with van der Waals surface area (Å²) in [5, 5.41) is 0. The Morgan fingerprint density at radius 1 is 1.18 bits per heavy atom. The van der Waals surface area contributed by atoms with Crippen LogP contribution in [0.5, 0.6) is 5.75 Å². The molecule has 1 aromatic heterocycles. The third kappa shape index (κ3) is 2.27. The molecule has 17 heavy (non-hydrogen) atoms. The van der Waals surface area contributed by atoms with Crippen LogP contribution < -0.4 is 4.74 Å². The minimum atomic E-state index is -4.38. The normalized spacial score (nSPS) is 11.5. The van der Waals surface area contributed by atoms with Crippen LogP contribution in [0.3, 0.4) is 0 Å². The molecule has 0 fully saturated rings. The summed E-state index contributed by atoms with van der Waals surface area (Å²) in [5.74, 6) is 0.397. The van der Waals surface area contributed by atoms with Crippen molar-refractivity contribution in [2.75, 3.05) is 7.11 Å². The molecule has 2 nitrogen and oxygen atoms in total. The van der Waals surface area contributed by atoms with Gasteiger partial charge in [0.15, 0.2) is 0 Å². The van der Waals surface area contributed by atoms with Crippen molar-refractivity contribution in [3.05, 3.63) is 42.2 Å². The van der Waals surface area contributed by atoms with Crippen LogP contribution in [-0.2, 0) is 6.18 Å². The summed E-state index contributed by atoms with van der Waals surface area (Å²) in [7, 11) is 1.42. The van der Waals surface area contributed by atoms with Crippen molar-refractivity contribution in [2.45, 2.75) is 6.18 Å². The molecule has 1 heterocycles. The number of hydrogen-bond acceptors (Lipinski definition) is 1. The molecule has 90 valence electrons. The lowest BCUT2D eigenvalue weighted by molar-refractivity contribution is -0.137. The molecule has 0 bridgehead atoms. The average Bonchev–Trinajstić information content (AvgIpc) is 2.80. The van der Waals surface area contributed by atoms with Gasteiger partial charge >= 0.3 is 6.18 Å². The fourth-order valence-corrected chi connectivity index (χ4v) is 1.63. The number of aromatic nitrogens is 1. The molecule has 0 saturated heterocycles. The Morgan fingerprint density at radius 2 is 1.94 bits per heavy atom. The SMILES string of the molecule is COc1ccc(C(F)(F)F)c(-c2cc[nH]c2)c1. The van der Waals surface area contributed by atoms with Crippen LogP contribution in [0.4, 0.5) is 13.2 Å². The Balaban J connectivity index is 2.61. The zero-order valence-electron chi connectivity index (χ0n) is 9.01. The van der Waals surface area contributed by atoms with Crippen molar-refractivity contribution >= 4 is 0 Å². The Bertz CT molecular complexity index is 503. The van der Waals surface area contributed by atoms with E-state index in [1.807, 2.05) is 0 Å². The maximum atomic E-state index is 12.8. The van der Waals surface area contributed by atoms with Crippen molar-refractivity contribution in [2.24, 2.45) is 0 Å². The summed E-state index contributed by atoms with van der Waals surface area (Å²) in [5.41, 5.74) is -0.0766. The van der Waals surface area contributed by atoms with Gasteiger partial charge in [-0.1, -0.05) is 0 Å². The quantitative estimate of drug-likeness (QED) is 0.851. The van der Waals surface area contributed by atoms with Crippen molar-refractivity contribution in [1.29, 1.82) is 0 Å². The van der Waals surface area contributed by atoms with Crippen molar-refractivity contribution < 1.29 is 17.9 Å². The second-order valence-electron chi connectivity index (χ2n) is 3.51. The van der Waals surface area contributed by atoms with Crippen LogP contribution >= 0.6 is 0 Å². The van der Waals surface area contributed by atoms with Gasteiger partial charge in [0.25, 0.3) is 0 Å². The Labute approximate surface area is 96.0 Å². The Kier molecular flexibility index (Phi) is 2.83. The monoisotopic (exact) mass is 241 g/mol. The van der Waals surface area contributed by atoms with E-state index in [1.165, 1.54) is 25.4 Å². The standard InChI is InChI=1S/C12H10F3NO/c1-17-9-2-3-11(12(13,14)15)10(6-9)8-4-5-16-7-8/h2-7,16H,1H3. The van der Waals surface area contributed by atoms with E-state index in [4.69, 9.17) is 4.74 Å². The number of methoxy groups -OCH3 is 1. The van der Waals surface area contributed by atoms with Gasteiger partial charge in [0.2, 0.25) is 0 Å². The fraction of sp³-hybridized carbons (Fsp3) is 0.167. The molecule has 0 amide bonds. The summed E-state index contributed by atoms with van der Waals surface area (Å²) < 4.78 is 43.4. The largest absolute Gasteiger partial charge is 0.497 e. The van der Waals surface area contributed by atoms with E-state index in [0.29, 0.717) is 11.3 Å². The third-order valence-electron chi connectivity index (χ3n) is 2.44. The minimum Gasteiger partial charge on any atom is -0.497 e. The highest BCUT2D eigenvalue weighted by Crippen LogP contribution is 2.38. The van der Waals surface area contributed by atoms with Gasteiger partial charge in [-0.3, -0.25) is 0 Å². The van der Waals surface area contributed by atoms with Gasteiger partial charge < -0.3 is 9.72 Å². The first-order chi connectivity index (χ1) is 8.02. The summed E-state index contributed by atoms with van der Waals surface area (Å²) >= 11 is 0. The van der Waals surface area contributed by atoms with E-state index in [1.54, 1.807) is 12.3 Å². The highest BCUT2D eigenvalue weighted by molar-refractivity contribution is 5.69. The zero-order valence-corrected chi connectivity index (χ0v) is 9.01. The maximum Gasteiger partial charge on any atom is 0.417 e. The molecule has 0 atom stereocenters. The summed E-state index contributed by atoms with van der Waals surface area (Å²) in [6, 6.07) is 5.30. The van der Waals surface area contributed by atoms with Crippen LogP contribution in [0.15, 0.2) is 36.7 Å². The highest BCUT2D eigenvalue weighted by atomic mass is 19.4. The molecule has 0 radical (unpaired) electrons. The number of hydrogen-bond donors (Lipinski definition) is 1. The first kappa shape index (κ1) is 11.6. The smallest absolute Gasteiger partial charge is 0.417 e. The molecule has 0 spiro atoms. The van der Waals surface area contributed by atoms with Gasteiger partial charge in [-0.05, 0) is 35.4 Å². The predicted molar refractivity (Wildman–Crippen MR) is 57.8 cm³/mol. The van der Waals surface area contributed by atoms with E-state index in [9.17, 15) is 13.2 Å². The number of H-pyrrole nitrogens is 1. The lowest BCUT2D eigenvalue weighted by Crippen LogP contribution is -2.07. The van der Waals surface area contributed by atoms with Gasteiger partial charge in [0.1, 0.15) is 5.75 Å². The molecule has 1 aromatic carbocycles. The molecule has 0 aliphatic carbocycles. The second-order valence-corrected chi connectivity index (χ2v) is 3.51. The van der Waals surface area contributed by atoms with Crippen LogP contribution in [0, 0.1) is 0 Å².